The summed E-state index contributed by atoms with van der Waals surface area (Å²) in [4.78, 5) is 16.3. The Hall–Kier alpha value is -2.49. The molecule has 0 aliphatic rings. The molecule has 0 unspecified atom stereocenters. The van der Waals surface area contributed by atoms with Gasteiger partial charge in [0.1, 0.15) is 11.6 Å². The third-order valence-electron chi connectivity index (χ3n) is 3.09. The van der Waals surface area contributed by atoms with Crippen LogP contribution in [0.5, 0.6) is 10.9 Å². The molecule has 0 aliphatic heterocycles. The molecule has 0 aliphatic carbocycles. The van der Waals surface area contributed by atoms with Crippen molar-refractivity contribution in [2.24, 2.45) is 0 Å². The van der Waals surface area contributed by atoms with Gasteiger partial charge in [0.25, 0.3) is 10.8 Å². The number of aromatic nitrogens is 3. The number of halogens is 4. The minimum absolute atomic E-state index is 0.0763. The van der Waals surface area contributed by atoms with Gasteiger partial charge in [-0.2, -0.15) is 17.7 Å². The predicted octanol–water partition coefficient (Wildman–Crippen LogP) is 3.66. The second kappa shape index (κ2) is 5.86. The van der Waals surface area contributed by atoms with E-state index in [1.165, 1.54) is 6.07 Å². The van der Waals surface area contributed by atoms with Gasteiger partial charge in [0.05, 0.1) is 5.56 Å². The number of hydrogen-bond donors (Lipinski definition) is 0. The maximum atomic E-state index is 13.3. The van der Waals surface area contributed by atoms with Crippen LogP contribution in [0.25, 0.3) is 4.96 Å². The number of hydrogen-bond acceptors (Lipinski definition) is 5. The van der Waals surface area contributed by atoms with Gasteiger partial charge in [-0.05, 0) is 36.0 Å². The lowest BCUT2D eigenvalue weighted by Gasteiger charge is -2.09. The summed E-state index contributed by atoms with van der Waals surface area (Å²) in [6.45, 7) is 1.83. The number of benzene rings is 1. The fraction of sp³-hybridized carbons (Fsp3) is 0.214. The summed E-state index contributed by atoms with van der Waals surface area (Å²) >= 11 is 0.897. The van der Waals surface area contributed by atoms with Gasteiger partial charge in [-0.25, -0.2) is 9.37 Å². The fourth-order valence-electron chi connectivity index (χ4n) is 1.95. The third kappa shape index (κ3) is 3.09. The molecule has 0 saturated carbocycles. The molecule has 0 spiro atoms. The molecule has 0 radical (unpaired) electrons. The van der Waals surface area contributed by atoms with Gasteiger partial charge in [0.2, 0.25) is 4.96 Å². The molecule has 2 aromatic heterocycles. The van der Waals surface area contributed by atoms with E-state index >= 15 is 0 Å². The number of fused-ring (bicyclic) bond motifs is 1. The van der Waals surface area contributed by atoms with E-state index in [0.29, 0.717) is 24.2 Å². The molecule has 126 valence electrons. The summed E-state index contributed by atoms with van der Waals surface area (Å²) < 4.78 is 57.6. The molecular weight excluding hydrogens is 350 g/mol. The molecule has 24 heavy (non-hydrogen) atoms. The van der Waals surface area contributed by atoms with E-state index in [9.17, 15) is 22.4 Å². The van der Waals surface area contributed by atoms with E-state index in [-0.39, 0.29) is 15.9 Å². The Morgan fingerprint density at radius 3 is 2.71 bits per heavy atom. The van der Waals surface area contributed by atoms with Crippen molar-refractivity contribution in [3.63, 3.8) is 0 Å². The highest BCUT2D eigenvalue weighted by Gasteiger charge is 2.34. The van der Waals surface area contributed by atoms with E-state index in [1.807, 2.05) is 6.92 Å². The minimum atomic E-state index is -4.84. The minimum Gasteiger partial charge on any atom is -0.430 e. The average molecular weight is 359 g/mol. The zero-order chi connectivity index (χ0) is 17.5. The zero-order valence-corrected chi connectivity index (χ0v) is 12.9. The van der Waals surface area contributed by atoms with Crippen LogP contribution in [0.2, 0.25) is 0 Å². The molecule has 0 bridgehead atoms. The standard InChI is InChI=1S/C14H9F4N3O2S/c1-2-7-5-11(22)21-12(19-7)24-13(20-21)23-8-3-4-10(15)9(6-8)14(16,17)18/h3-6H,2H2,1H3. The van der Waals surface area contributed by atoms with Gasteiger partial charge < -0.3 is 4.74 Å². The van der Waals surface area contributed by atoms with E-state index in [1.54, 1.807) is 0 Å². The quantitative estimate of drug-likeness (QED) is 0.670. The Kier molecular flexibility index (Phi) is 3.99. The van der Waals surface area contributed by atoms with Crippen LogP contribution in [0.1, 0.15) is 18.2 Å². The molecule has 3 aromatic rings. The Morgan fingerprint density at radius 1 is 1.29 bits per heavy atom. The number of aryl methyl sites for hydroxylation is 1. The van der Waals surface area contributed by atoms with Crippen LogP contribution in [-0.2, 0) is 12.6 Å². The van der Waals surface area contributed by atoms with E-state index in [2.05, 4.69) is 10.1 Å². The lowest BCUT2D eigenvalue weighted by atomic mass is 10.2. The second-order valence-electron chi connectivity index (χ2n) is 4.74. The van der Waals surface area contributed by atoms with Crippen LogP contribution in [0.15, 0.2) is 29.1 Å². The van der Waals surface area contributed by atoms with Crippen molar-refractivity contribution >= 4 is 16.3 Å². The van der Waals surface area contributed by atoms with Crippen LogP contribution in [0.4, 0.5) is 17.6 Å². The van der Waals surface area contributed by atoms with Gasteiger partial charge in [-0.15, -0.1) is 5.10 Å². The predicted molar refractivity (Wildman–Crippen MR) is 78.0 cm³/mol. The van der Waals surface area contributed by atoms with Crippen molar-refractivity contribution in [3.8, 4) is 10.9 Å². The molecule has 10 heteroatoms. The third-order valence-corrected chi connectivity index (χ3v) is 3.88. The van der Waals surface area contributed by atoms with Crippen molar-refractivity contribution in [1.29, 1.82) is 0 Å². The van der Waals surface area contributed by atoms with Crippen LogP contribution in [-0.4, -0.2) is 14.6 Å². The topological polar surface area (TPSA) is 56.5 Å². The highest BCUT2D eigenvalue weighted by molar-refractivity contribution is 7.18. The Bertz CT molecular complexity index is 965. The maximum Gasteiger partial charge on any atom is 0.419 e. The van der Waals surface area contributed by atoms with Crippen molar-refractivity contribution in [3.05, 3.63) is 51.7 Å². The first kappa shape index (κ1) is 16.4. The average Bonchev–Trinajstić information content (AvgIpc) is 2.91. The van der Waals surface area contributed by atoms with Crippen molar-refractivity contribution in [2.75, 3.05) is 0 Å². The largest absolute Gasteiger partial charge is 0.430 e. The van der Waals surface area contributed by atoms with E-state index in [0.717, 1.165) is 21.9 Å². The van der Waals surface area contributed by atoms with E-state index in [4.69, 9.17) is 4.74 Å². The van der Waals surface area contributed by atoms with Gasteiger partial charge in [0.15, 0.2) is 0 Å². The van der Waals surface area contributed by atoms with E-state index < -0.39 is 23.1 Å². The summed E-state index contributed by atoms with van der Waals surface area (Å²) in [5, 5.41) is 3.78. The monoisotopic (exact) mass is 359 g/mol. The molecule has 0 atom stereocenters. The number of rotatable bonds is 3. The highest BCUT2D eigenvalue weighted by Crippen LogP contribution is 2.35. The molecule has 0 amide bonds. The number of alkyl halides is 3. The van der Waals surface area contributed by atoms with Crippen molar-refractivity contribution in [2.45, 2.75) is 19.5 Å². The van der Waals surface area contributed by atoms with Gasteiger partial charge in [0, 0.05) is 11.8 Å². The van der Waals surface area contributed by atoms with Crippen molar-refractivity contribution < 1.29 is 22.3 Å². The highest BCUT2D eigenvalue weighted by atomic mass is 32.1. The first-order chi connectivity index (χ1) is 11.3. The van der Waals surface area contributed by atoms with Gasteiger partial charge in [-0.1, -0.05) is 6.92 Å². The second-order valence-corrected chi connectivity index (χ2v) is 5.66. The zero-order valence-electron chi connectivity index (χ0n) is 12.1. The Balaban J connectivity index is 1.98. The van der Waals surface area contributed by atoms with Crippen LogP contribution >= 0.6 is 11.3 Å². The molecule has 2 heterocycles. The Labute approximate surface area is 136 Å². The number of nitrogens with zero attached hydrogens (tertiary/aromatic N) is 3. The van der Waals surface area contributed by atoms with Crippen LogP contribution in [0.3, 0.4) is 0 Å². The summed E-state index contributed by atoms with van der Waals surface area (Å²) in [5.41, 5.74) is -1.29. The lowest BCUT2D eigenvalue weighted by Crippen LogP contribution is -2.15. The SMILES string of the molecule is CCc1cc(=O)n2nc(Oc3ccc(F)c(C(F)(F)F)c3)sc2n1. The van der Waals surface area contributed by atoms with Crippen LogP contribution < -0.4 is 10.3 Å². The summed E-state index contributed by atoms with van der Waals surface area (Å²) in [6, 6.07) is 3.56. The van der Waals surface area contributed by atoms with Crippen LogP contribution in [0, 0.1) is 5.82 Å². The molecule has 0 fully saturated rings. The molecule has 0 saturated heterocycles. The molecule has 1 aromatic carbocycles. The first-order valence-electron chi connectivity index (χ1n) is 6.72. The molecule has 5 nitrogen and oxygen atoms in total. The summed E-state index contributed by atoms with van der Waals surface area (Å²) in [7, 11) is 0. The molecular formula is C14H9F4N3O2S. The molecule has 0 N–H and O–H groups in total. The Morgan fingerprint density at radius 2 is 2.04 bits per heavy atom. The maximum absolute atomic E-state index is 13.3. The summed E-state index contributed by atoms with van der Waals surface area (Å²) in [6.07, 6.45) is -4.29. The number of ether oxygens (including phenoxy) is 1. The normalized spacial score (nSPS) is 11.9. The van der Waals surface area contributed by atoms with Gasteiger partial charge >= 0.3 is 6.18 Å². The summed E-state index contributed by atoms with van der Waals surface area (Å²) in [5.74, 6) is -1.64. The first-order valence-corrected chi connectivity index (χ1v) is 7.54. The fourth-order valence-corrected chi connectivity index (χ4v) is 2.74. The van der Waals surface area contributed by atoms with Gasteiger partial charge in [-0.3, -0.25) is 4.79 Å². The van der Waals surface area contributed by atoms with Crippen molar-refractivity contribution in [1.82, 2.24) is 14.6 Å². The molecule has 3 rings (SSSR count). The smallest absolute Gasteiger partial charge is 0.419 e. The lowest BCUT2D eigenvalue weighted by molar-refractivity contribution is -0.140.